The van der Waals surface area contributed by atoms with Gasteiger partial charge in [0.25, 0.3) is 0 Å². The van der Waals surface area contributed by atoms with E-state index in [-0.39, 0.29) is 23.6 Å². The van der Waals surface area contributed by atoms with Crippen LogP contribution >= 0.6 is 0 Å². The Labute approximate surface area is 205 Å². The van der Waals surface area contributed by atoms with Crippen LogP contribution in [0.3, 0.4) is 0 Å². The number of halogens is 3. The van der Waals surface area contributed by atoms with E-state index < -0.39 is 11.9 Å². The molecule has 11 heteroatoms. The molecule has 36 heavy (non-hydrogen) atoms. The molecule has 190 valence electrons. The zero-order chi connectivity index (χ0) is 26.0. The van der Waals surface area contributed by atoms with Gasteiger partial charge >= 0.3 is 6.18 Å². The normalized spacial score (nSPS) is 11.6. The summed E-state index contributed by atoms with van der Waals surface area (Å²) in [6, 6.07) is 10.8. The maximum atomic E-state index is 14.2. The Bertz CT molecular complexity index is 1400. The van der Waals surface area contributed by atoms with Crippen LogP contribution in [0.1, 0.15) is 11.4 Å². The summed E-state index contributed by atoms with van der Waals surface area (Å²) < 4.78 is 70.0. The summed E-state index contributed by atoms with van der Waals surface area (Å²) in [6.07, 6.45) is -4.71. The van der Waals surface area contributed by atoms with E-state index >= 15 is 0 Å². The Hall–Kier alpha value is -3.99. The smallest absolute Gasteiger partial charge is 0.433 e. The van der Waals surface area contributed by atoms with E-state index in [1.807, 2.05) is 0 Å². The predicted molar refractivity (Wildman–Crippen MR) is 126 cm³/mol. The Balaban J connectivity index is 2.05. The lowest BCUT2D eigenvalue weighted by Gasteiger charge is -2.13. The molecule has 0 bridgehead atoms. The van der Waals surface area contributed by atoms with Gasteiger partial charge in [-0.25, -0.2) is 9.50 Å². The highest BCUT2D eigenvalue weighted by molar-refractivity contribution is 5.83. The molecule has 0 fully saturated rings. The third-order valence-electron chi connectivity index (χ3n) is 5.58. The fourth-order valence-corrected chi connectivity index (χ4v) is 3.93. The van der Waals surface area contributed by atoms with Crippen LogP contribution in [0.5, 0.6) is 23.0 Å². The summed E-state index contributed by atoms with van der Waals surface area (Å²) in [5, 5.41) is 4.23. The SMILES string of the molecule is COCc1nn2c(C(F)(F)F)cc(-c3ccc(OC)c(OC)c3)nc2c1-c1ccc(OC)c(OC)c1. The first-order valence-corrected chi connectivity index (χ1v) is 10.7. The number of benzene rings is 2. The van der Waals surface area contributed by atoms with Gasteiger partial charge in [0, 0.05) is 12.7 Å². The van der Waals surface area contributed by atoms with E-state index in [4.69, 9.17) is 23.7 Å². The van der Waals surface area contributed by atoms with E-state index in [1.165, 1.54) is 35.5 Å². The number of hydrogen-bond donors (Lipinski definition) is 0. The average molecular weight is 503 g/mol. The fourth-order valence-electron chi connectivity index (χ4n) is 3.93. The highest BCUT2D eigenvalue weighted by Gasteiger charge is 2.36. The molecule has 0 atom stereocenters. The van der Waals surface area contributed by atoms with Crippen molar-refractivity contribution in [1.82, 2.24) is 14.6 Å². The molecule has 0 saturated heterocycles. The van der Waals surface area contributed by atoms with Gasteiger partial charge in [0.15, 0.2) is 34.3 Å². The number of ether oxygens (including phenoxy) is 5. The molecule has 8 nitrogen and oxygen atoms in total. The second kappa shape index (κ2) is 9.94. The zero-order valence-electron chi connectivity index (χ0n) is 20.3. The lowest BCUT2D eigenvalue weighted by molar-refractivity contribution is -0.142. The van der Waals surface area contributed by atoms with Crippen molar-refractivity contribution in [2.75, 3.05) is 35.5 Å². The molecular formula is C25H24F3N3O5. The maximum absolute atomic E-state index is 14.2. The van der Waals surface area contributed by atoms with Gasteiger partial charge in [-0.3, -0.25) is 0 Å². The predicted octanol–water partition coefficient (Wildman–Crippen LogP) is 5.26. The van der Waals surface area contributed by atoms with E-state index in [0.717, 1.165) is 10.6 Å². The monoisotopic (exact) mass is 503 g/mol. The standard InChI is InChI=1S/C25H24F3N3O5/c1-32-13-17-23(15-7-9-19(34-3)21(11-15)36-5)24-29-16(12-22(25(26,27)28)31(24)30-17)14-6-8-18(33-2)20(10-14)35-4/h6-12H,13H2,1-5H3. The van der Waals surface area contributed by atoms with Crippen LogP contribution in [0.25, 0.3) is 28.0 Å². The van der Waals surface area contributed by atoms with Crippen molar-refractivity contribution in [2.45, 2.75) is 12.8 Å². The van der Waals surface area contributed by atoms with Crippen LogP contribution in [0.2, 0.25) is 0 Å². The van der Waals surface area contributed by atoms with Crippen LogP contribution in [0.15, 0.2) is 42.5 Å². The van der Waals surface area contributed by atoms with Crippen molar-refractivity contribution in [1.29, 1.82) is 0 Å². The molecule has 0 N–H and O–H groups in total. The van der Waals surface area contributed by atoms with Crippen molar-refractivity contribution < 1.29 is 36.9 Å². The van der Waals surface area contributed by atoms with Gasteiger partial charge in [-0.05, 0) is 42.0 Å². The van der Waals surface area contributed by atoms with Gasteiger partial charge in [0.2, 0.25) is 0 Å². The molecule has 0 amide bonds. The molecule has 0 unspecified atom stereocenters. The number of alkyl halides is 3. The molecule has 0 spiro atoms. The first-order valence-electron chi connectivity index (χ1n) is 10.7. The van der Waals surface area contributed by atoms with Gasteiger partial charge < -0.3 is 23.7 Å². The number of methoxy groups -OCH3 is 5. The molecule has 2 heterocycles. The van der Waals surface area contributed by atoms with Crippen LogP contribution < -0.4 is 18.9 Å². The summed E-state index contributed by atoms with van der Waals surface area (Å²) in [7, 11) is 7.33. The van der Waals surface area contributed by atoms with Gasteiger partial charge in [-0.1, -0.05) is 6.07 Å². The summed E-state index contributed by atoms with van der Waals surface area (Å²) in [5.74, 6) is 1.68. The van der Waals surface area contributed by atoms with Crippen LogP contribution in [0.4, 0.5) is 13.2 Å². The lowest BCUT2D eigenvalue weighted by Crippen LogP contribution is -2.14. The summed E-state index contributed by atoms with van der Waals surface area (Å²) in [4.78, 5) is 4.60. The average Bonchev–Trinajstić information content (AvgIpc) is 3.24. The maximum Gasteiger partial charge on any atom is 0.433 e. The number of nitrogens with zero attached hydrogens (tertiary/aromatic N) is 3. The van der Waals surface area contributed by atoms with Crippen molar-refractivity contribution >= 4 is 5.65 Å². The van der Waals surface area contributed by atoms with E-state index in [0.29, 0.717) is 39.7 Å². The Morgan fingerprint density at radius 1 is 0.750 bits per heavy atom. The van der Waals surface area contributed by atoms with Crippen molar-refractivity contribution in [2.24, 2.45) is 0 Å². The minimum atomic E-state index is -4.71. The van der Waals surface area contributed by atoms with Crippen molar-refractivity contribution in [3.8, 4) is 45.4 Å². The Morgan fingerprint density at radius 3 is 1.83 bits per heavy atom. The summed E-state index contributed by atoms with van der Waals surface area (Å²) in [6.45, 7) is -0.0317. The summed E-state index contributed by atoms with van der Waals surface area (Å²) in [5.41, 5.74) is 0.725. The largest absolute Gasteiger partial charge is 0.493 e. The quantitative estimate of drug-likeness (QED) is 0.325. The van der Waals surface area contributed by atoms with Gasteiger partial charge in [-0.15, -0.1) is 0 Å². The Morgan fingerprint density at radius 2 is 1.31 bits per heavy atom. The third kappa shape index (κ3) is 4.49. The molecule has 0 radical (unpaired) electrons. The third-order valence-corrected chi connectivity index (χ3v) is 5.58. The number of hydrogen-bond acceptors (Lipinski definition) is 7. The number of rotatable bonds is 8. The molecule has 2 aromatic heterocycles. The molecule has 4 aromatic rings. The van der Waals surface area contributed by atoms with Crippen LogP contribution in [-0.4, -0.2) is 50.1 Å². The second-order valence-electron chi connectivity index (χ2n) is 7.65. The highest BCUT2D eigenvalue weighted by Crippen LogP contribution is 2.40. The van der Waals surface area contributed by atoms with E-state index in [1.54, 1.807) is 36.4 Å². The van der Waals surface area contributed by atoms with E-state index in [9.17, 15) is 13.2 Å². The molecular weight excluding hydrogens is 479 g/mol. The number of aromatic nitrogens is 3. The molecule has 0 saturated carbocycles. The lowest BCUT2D eigenvalue weighted by atomic mass is 10.0. The van der Waals surface area contributed by atoms with Gasteiger partial charge in [-0.2, -0.15) is 18.3 Å². The molecule has 4 rings (SSSR count). The first kappa shape index (κ1) is 25.1. The highest BCUT2D eigenvalue weighted by atomic mass is 19.4. The zero-order valence-corrected chi connectivity index (χ0v) is 20.3. The number of fused-ring (bicyclic) bond motifs is 1. The molecule has 0 aliphatic heterocycles. The fraction of sp³-hybridized carbons (Fsp3) is 0.280. The molecule has 2 aromatic carbocycles. The minimum absolute atomic E-state index is 0.00822. The van der Waals surface area contributed by atoms with Crippen LogP contribution in [0, 0.1) is 0 Å². The second-order valence-corrected chi connectivity index (χ2v) is 7.65. The first-order chi connectivity index (χ1) is 17.2. The van der Waals surface area contributed by atoms with Crippen molar-refractivity contribution in [3.05, 3.63) is 53.9 Å². The Kier molecular flexibility index (Phi) is 6.93. The molecule has 0 aliphatic rings. The van der Waals surface area contributed by atoms with Crippen molar-refractivity contribution in [3.63, 3.8) is 0 Å². The van der Waals surface area contributed by atoms with Gasteiger partial charge in [0.05, 0.1) is 52.0 Å². The van der Waals surface area contributed by atoms with E-state index in [2.05, 4.69) is 10.1 Å². The van der Waals surface area contributed by atoms with Crippen LogP contribution in [-0.2, 0) is 17.5 Å². The summed E-state index contributed by atoms with van der Waals surface area (Å²) >= 11 is 0. The molecule has 0 aliphatic carbocycles. The van der Waals surface area contributed by atoms with Gasteiger partial charge in [0.1, 0.15) is 0 Å². The topological polar surface area (TPSA) is 76.3 Å². The minimum Gasteiger partial charge on any atom is -0.493 e.